The zero-order chi connectivity index (χ0) is 41.0. The van der Waals surface area contributed by atoms with Gasteiger partial charge in [-0.3, -0.25) is 0 Å². The topological polar surface area (TPSA) is 9.23 Å². The molecular formula is C54H73OSiZr-5. The summed E-state index contributed by atoms with van der Waals surface area (Å²) in [6.45, 7) is 34.2. The van der Waals surface area contributed by atoms with Crippen LogP contribution in [0.2, 0.25) is 0 Å². The predicted molar refractivity (Wildman–Crippen MR) is 254 cm³/mol. The van der Waals surface area contributed by atoms with Crippen LogP contribution >= 0.6 is 0 Å². The van der Waals surface area contributed by atoms with E-state index in [1.54, 1.807) is 0 Å². The summed E-state index contributed by atoms with van der Waals surface area (Å²) in [5, 5.41) is 5.41. The van der Waals surface area contributed by atoms with Crippen LogP contribution in [0.4, 0.5) is 0 Å². The van der Waals surface area contributed by atoms with E-state index in [1.807, 2.05) is 0 Å². The third-order valence-corrected chi connectivity index (χ3v) is 9.89. The van der Waals surface area contributed by atoms with Gasteiger partial charge in [-0.05, 0) is 66.2 Å². The second-order valence-corrected chi connectivity index (χ2v) is 18.1. The van der Waals surface area contributed by atoms with E-state index in [0.717, 1.165) is 13.0 Å². The molecule has 0 N–H and O–H groups in total. The number of fused-ring (bicyclic) bond motifs is 2. The predicted octanol–water partition coefficient (Wildman–Crippen LogP) is 16.2. The molecule has 0 fully saturated rings. The molecule has 0 aliphatic heterocycles. The summed E-state index contributed by atoms with van der Waals surface area (Å²) in [6, 6.07) is 40.4. The molecule has 0 aliphatic rings. The molecule has 6 aromatic rings. The normalized spacial score (nSPS) is 11.3. The van der Waals surface area contributed by atoms with Crippen LogP contribution in [0, 0.1) is 28.7 Å². The van der Waals surface area contributed by atoms with E-state index in [0.29, 0.717) is 5.92 Å². The van der Waals surface area contributed by atoms with Crippen molar-refractivity contribution in [1.29, 1.82) is 0 Å². The number of ether oxygens (including phenoxy) is 1. The van der Waals surface area contributed by atoms with Crippen molar-refractivity contribution >= 4 is 28.4 Å². The van der Waals surface area contributed by atoms with Gasteiger partial charge in [-0.1, -0.05) is 147 Å². The fourth-order valence-corrected chi connectivity index (χ4v) is 6.61. The van der Waals surface area contributed by atoms with E-state index in [9.17, 15) is 0 Å². The zero-order valence-corrected chi connectivity index (χ0v) is 41.6. The van der Waals surface area contributed by atoms with Gasteiger partial charge < -0.3 is 26.5 Å². The van der Waals surface area contributed by atoms with E-state index in [4.69, 9.17) is 4.74 Å². The van der Waals surface area contributed by atoms with Crippen molar-refractivity contribution in [3.05, 3.63) is 153 Å². The third kappa shape index (κ3) is 16.0. The van der Waals surface area contributed by atoms with Gasteiger partial charge in [0.1, 0.15) is 0 Å². The summed E-state index contributed by atoms with van der Waals surface area (Å²) >= 11 is 1.36. The number of hydrogen-bond acceptors (Lipinski definition) is 1. The Bertz CT molecular complexity index is 2020. The molecule has 0 atom stereocenters. The molecular weight excluding hydrogens is 784 g/mol. The Labute approximate surface area is 367 Å². The van der Waals surface area contributed by atoms with Crippen molar-refractivity contribution in [3.8, 4) is 22.3 Å². The second-order valence-electron chi connectivity index (χ2n) is 18.1. The molecule has 0 aliphatic carbocycles. The van der Waals surface area contributed by atoms with Crippen molar-refractivity contribution < 1.29 is 28.1 Å². The molecule has 0 aromatic heterocycles. The van der Waals surface area contributed by atoms with Gasteiger partial charge >= 0.3 is 30.2 Å². The summed E-state index contributed by atoms with van der Waals surface area (Å²) in [6.07, 6.45) is 4.70. The van der Waals surface area contributed by atoms with Crippen LogP contribution in [0.15, 0.2) is 109 Å². The van der Waals surface area contributed by atoms with Crippen LogP contribution < -0.4 is 0 Å². The van der Waals surface area contributed by atoms with Crippen LogP contribution in [0.5, 0.6) is 0 Å². The Hall–Kier alpha value is -2.84. The van der Waals surface area contributed by atoms with Crippen molar-refractivity contribution in [2.45, 2.75) is 131 Å². The molecule has 57 heavy (non-hydrogen) atoms. The van der Waals surface area contributed by atoms with Crippen LogP contribution in [0.25, 0.3) is 43.8 Å². The first-order chi connectivity index (χ1) is 25.9. The van der Waals surface area contributed by atoms with Crippen LogP contribution in [-0.2, 0) is 38.9 Å². The molecule has 0 heterocycles. The number of hydrogen-bond donors (Lipinski definition) is 0. The van der Waals surface area contributed by atoms with E-state index >= 15 is 0 Å². The standard InChI is InChI=1S/C22H25.C20H21.C10H21O.2CH3.Si.Zr/c1-15(2)18-13-17-7-6-8-20(21(17)14-18)16-9-11-19(12-10-16)22(3,4)5;1-14-12-16-6-5-7-18(19(16)13-14)15-8-10-17(11-9-15)20(2,3)4;1-5-6-7-8-9-11-10(2,3)4;;;;/h6-15H,1-5H3;5-13H,1-4H3;1,5-9H2,2-4H3;2*1H3;;/q5*-1;;. The van der Waals surface area contributed by atoms with Gasteiger partial charge in [0.15, 0.2) is 0 Å². The van der Waals surface area contributed by atoms with Crippen molar-refractivity contribution in [3.63, 3.8) is 0 Å². The molecule has 6 rings (SSSR count). The van der Waals surface area contributed by atoms with E-state index in [-0.39, 0.29) is 31.3 Å². The fraction of sp³-hybridized carbons (Fsp3) is 0.389. The first kappa shape index (κ1) is 52.2. The first-order valence-corrected chi connectivity index (χ1v) is 24.3. The number of unbranched alkanes of at least 4 members (excludes halogenated alkanes) is 3. The quantitative estimate of drug-likeness (QED) is 0.0842. The van der Waals surface area contributed by atoms with E-state index < -0.39 is 0 Å². The average Bonchev–Trinajstić information content (AvgIpc) is 3.75. The van der Waals surface area contributed by atoms with Crippen LogP contribution in [-0.4, -0.2) is 19.1 Å². The molecule has 3 heteroatoms. The SMILES string of the molecule is CC(C)c1cc2c(-c3ccc(C(C)(C)C)cc3)cccc2[cH-]1.Cc1cc2c(-c3ccc(C(C)(C)C)cc3)cccc2[cH-]1.[CH2-]CCCCCOC(C)(C)C.[CH3-].[CH3-].[Si]=[Zr]. The molecule has 0 unspecified atom stereocenters. The Balaban J connectivity index is 0.000000432. The van der Waals surface area contributed by atoms with E-state index in [2.05, 4.69) is 206 Å². The van der Waals surface area contributed by atoms with Gasteiger partial charge in [0.2, 0.25) is 0 Å². The molecule has 6 aromatic carbocycles. The monoisotopic (exact) mass is 855 g/mol. The summed E-state index contributed by atoms with van der Waals surface area (Å²) in [5.41, 5.74) is 11.2. The molecule has 0 amide bonds. The molecule has 2 radical (unpaired) electrons. The molecule has 0 spiro atoms. The fourth-order valence-electron chi connectivity index (χ4n) is 6.61. The van der Waals surface area contributed by atoms with Gasteiger partial charge in [-0.2, -0.15) is 18.6 Å². The Morgan fingerprint density at radius 1 is 0.614 bits per heavy atom. The Morgan fingerprint density at radius 3 is 1.46 bits per heavy atom. The third-order valence-electron chi connectivity index (χ3n) is 9.89. The molecule has 0 saturated carbocycles. The minimum atomic E-state index is 0. The summed E-state index contributed by atoms with van der Waals surface area (Å²) in [5.74, 6) is 0.573. The Kier molecular flexibility index (Phi) is 21.7. The molecule has 0 saturated heterocycles. The van der Waals surface area contributed by atoms with Crippen molar-refractivity contribution in [2.24, 2.45) is 0 Å². The molecule has 1 nitrogen and oxygen atoms in total. The summed E-state index contributed by atoms with van der Waals surface area (Å²) in [4.78, 5) is 0. The van der Waals surface area contributed by atoms with Crippen LogP contribution in [0.3, 0.4) is 0 Å². The number of benzene rings is 4. The van der Waals surface area contributed by atoms with Gasteiger partial charge in [0.25, 0.3) is 0 Å². The maximum absolute atomic E-state index is 5.56. The van der Waals surface area contributed by atoms with Crippen LogP contribution in [0.1, 0.15) is 130 Å². The molecule has 0 bridgehead atoms. The van der Waals surface area contributed by atoms with Gasteiger partial charge in [0, 0.05) is 6.61 Å². The Morgan fingerprint density at radius 2 is 1.05 bits per heavy atom. The summed E-state index contributed by atoms with van der Waals surface area (Å²) in [7, 11) is 0. The zero-order valence-electron chi connectivity index (χ0n) is 38.1. The maximum atomic E-state index is 5.56. The number of rotatable bonds is 8. The van der Waals surface area contributed by atoms with Crippen molar-refractivity contribution in [2.75, 3.05) is 6.61 Å². The molecule has 308 valence electrons. The van der Waals surface area contributed by atoms with Crippen molar-refractivity contribution in [1.82, 2.24) is 0 Å². The van der Waals surface area contributed by atoms with Gasteiger partial charge in [-0.15, -0.1) is 69.1 Å². The van der Waals surface area contributed by atoms with Gasteiger partial charge in [0.05, 0.1) is 5.60 Å². The minimum absolute atomic E-state index is 0. The average molecular weight is 857 g/mol. The van der Waals surface area contributed by atoms with E-state index in [1.165, 1.54) is 109 Å². The second kappa shape index (κ2) is 23.7. The van der Waals surface area contributed by atoms with Gasteiger partial charge in [-0.25, -0.2) is 0 Å². The first-order valence-electron chi connectivity index (χ1n) is 20.1. The number of aryl methyl sites for hydroxylation is 1. The summed E-state index contributed by atoms with van der Waals surface area (Å²) < 4.78 is 5.56.